The molecule has 4 nitrogen and oxygen atoms in total. The summed E-state index contributed by atoms with van der Waals surface area (Å²) in [6.45, 7) is 2.01. The van der Waals surface area contributed by atoms with Crippen LogP contribution in [0, 0.1) is 12.7 Å². The van der Waals surface area contributed by atoms with Crippen LogP contribution in [0.4, 0.5) is 10.1 Å². The minimum atomic E-state index is -0.475. The van der Waals surface area contributed by atoms with E-state index in [1.54, 1.807) is 43.3 Å². The fourth-order valence-electron chi connectivity index (χ4n) is 2.59. The highest BCUT2D eigenvalue weighted by atomic mass is 19.1. The summed E-state index contributed by atoms with van der Waals surface area (Å²) in [5, 5.41) is 5.52. The van der Waals surface area contributed by atoms with Gasteiger partial charge in [0.25, 0.3) is 11.8 Å². The Morgan fingerprint density at radius 2 is 1.59 bits per heavy atom. The quantitative estimate of drug-likeness (QED) is 0.710. The Morgan fingerprint density at radius 3 is 2.33 bits per heavy atom. The molecule has 0 bridgehead atoms. The van der Waals surface area contributed by atoms with E-state index < -0.39 is 11.7 Å². The smallest absolute Gasteiger partial charge is 0.255 e. The second-order valence-electron chi connectivity index (χ2n) is 6.13. The molecule has 0 saturated carbocycles. The van der Waals surface area contributed by atoms with Crippen molar-refractivity contribution in [3.05, 3.63) is 101 Å². The summed E-state index contributed by atoms with van der Waals surface area (Å²) < 4.78 is 13.7. The average molecular weight is 362 g/mol. The number of anilines is 1. The van der Waals surface area contributed by atoms with Crippen molar-refractivity contribution in [2.24, 2.45) is 0 Å². The summed E-state index contributed by atoms with van der Waals surface area (Å²) in [7, 11) is 0. The van der Waals surface area contributed by atoms with Crippen molar-refractivity contribution in [2.45, 2.75) is 13.5 Å². The van der Waals surface area contributed by atoms with Gasteiger partial charge in [-0.25, -0.2) is 4.39 Å². The first-order chi connectivity index (χ1) is 13.0. The lowest BCUT2D eigenvalue weighted by Gasteiger charge is -2.12. The average Bonchev–Trinajstić information content (AvgIpc) is 2.69. The first-order valence-corrected chi connectivity index (χ1v) is 8.53. The van der Waals surface area contributed by atoms with Crippen LogP contribution in [0.2, 0.25) is 0 Å². The number of amides is 2. The molecular formula is C22H19FN2O2. The largest absolute Gasteiger partial charge is 0.348 e. The SMILES string of the molecule is Cc1ccc(C(=O)Nc2ccccc2C(=O)NCc2ccccc2)cc1F. The molecule has 0 radical (unpaired) electrons. The lowest BCUT2D eigenvalue weighted by atomic mass is 10.1. The van der Waals surface area contributed by atoms with E-state index in [1.807, 2.05) is 30.3 Å². The first-order valence-electron chi connectivity index (χ1n) is 8.53. The number of aryl methyl sites for hydroxylation is 1. The molecule has 0 unspecified atom stereocenters. The van der Waals surface area contributed by atoms with Gasteiger partial charge in [0.1, 0.15) is 5.82 Å². The molecule has 0 aliphatic carbocycles. The number of halogens is 1. The number of benzene rings is 3. The fourth-order valence-corrected chi connectivity index (χ4v) is 2.59. The van der Waals surface area contributed by atoms with Crippen molar-refractivity contribution in [2.75, 3.05) is 5.32 Å². The van der Waals surface area contributed by atoms with Crippen LogP contribution in [0.3, 0.4) is 0 Å². The summed E-state index contributed by atoms with van der Waals surface area (Å²) in [6.07, 6.45) is 0. The van der Waals surface area contributed by atoms with Crippen LogP contribution in [0.1, 0.15) is 31.8 Å². The number of carbonyl (C=O) groups is 2. The molecule has 3 rings (SSSR count). The van der Waals surface area contributed by atoms with Crippen LogP contribution < -0.4 is 10.6 Å². The van der Waals surface area contributed by atoms with Gasteiger partial charge in [0.15, 0.2) is 0 Å². The molecule has 0 heterocycles. The Labute approximate surface area is 157 Å². The van der Waals surface area contributed by atoms with E-state index in [0.29, 0.717) is 23.4 Å². The second kappa shape index (κ2) is 8.27. The van der Waals surface area contributed by atoms with Crippen LogP contribution in [0.5, 0.6) is 0 Å². The Hall–Kier alpha value is -3.47. The molecule has 0 fully saturated rings. The van der Waals surface area contributed by atoms with E-state index in [2.05, 4.69) is 10.6 Å². The molecule has 136 valence electrons. The van der Waals surface area contributed by atoms with Gasteiger partial charge in [0.05, 0.1) is 11.3 Å². The van der Waals surface area contributed by atoms with E-state index in [0.717, 1.165) is 5.56 Å². The van der Waals surface area contributed by atoms with Gasteiger partial charge in [-0.05, 0) is 42.3 Å². The molecule has 3 aromatic rings. The molecule has 0 atom stereocenters. The van der Waals surface area contributed by atoms with Gasteiger partial charge in [-0.15, -0.1) is 0 Å². The maximum absolute atomic E-state index is 13.7. The van der Waals surface area contributed by atoms with Crippen molar-refractivity contribution in [1.29, 1.82) is 0 Å². The van der Waals surface area contributed by atoms with Crippen LogP contribution in [-0.4, -0.2) is 11.8 Å². The maximum atomic E-state index is 13.7. The Kier molecular flexibility index (Phi) is 5.61. The normalized spacial score (nSPS) is 10.3. The van der Waals surface area contributed by atoms with Crippen LogP contribution >= 0.6 is 0 Å². The van der Waals surface area contributed by atoms with E-state index in [-0.39, 0.29) is 11.5 Å². The van der Waals surface area contributed by atoms with Crippen molar-refractivity contribution in [3.8, 4) is 0 Å². The highest BCUT2D eigenvalue weighted by molar-refractivity contribution is 6.09. The number of carbonyl (C=O) groups excluding carboxylic acids is 2. The maximum Gasteiger partial charge on any atom is 0.255 e. The molecule has 0 aliphatic heterocycles. The molecule has 5 heteroatoms. The number of para-hydroxylation sites is 1. The lowest BCUT2D eigenvalue weighted by molar-refractivity contribution is 0.0952. The number of hydrogen-bond donors (Lipinski definition) is 2. The molecule has 2 N–H and O–H groups in total. The predicted molar refractivity (Wildman–Crippen MR) is 103 cm³/mol. The first kappa shape index (κ1) is 18.3. The third kappa shape index (κ3) is 4.58. The molecular weight excluding hydrogens is 343 g/mol. The third-order valence-electron chi connectivity index (χ3n) is 4.15. The Morgan fingerprint density at radius 1 is 0.889 bits per heavy atom. The highest BCUT2D eigenvalue weighted by Gasteiger charge is 2.14. The van der Waals surface area contributed by atoms with Crippen molar-refractivity contribution in [3.63, 3.8) is 0 Å². The van der Waals surface area contributed by atoms with E-state index >= 15 is 0 Å². The number of nitrogens with one attached hydrogen (secondary N) is 2. The van der Waals surface area contributed by atoms with Crippen LogP contribution in [0.15, 0.2) is 72.8 Å². The Bertz CT molecular complexity index is 971. The molecule has 0 aromatic heterocycles. The molecule has 0 aliphatic rings. The lowest BCUT2D eigenvalue weighted by Crippen LogP contribution is -2.24. The summed E-state index contributed by atoms with van der Waals surface area (Å²) in [6, 6.07) is 20.5. The van der Waals surface area contributed by atoms with Crippen molar-refractivity contribution >= 4 is 17.5 Å². The zero-order chi connectivity index (χ0) is 19.2. The van der Waals surface area contributed by atoms with Gasteiger partial charge in [0.2, 0.25) is 0 Å². The van der Waals surface area contributed by atoms with Gasteiger partial charge >= 0.3 is 0 Å². The Balaban J connectivity index is 1.74. The van der Waals surface area contributed by atoms with Gasteiger partial charge in [-0.3, -0.25) is 9.59 Å². The van der Waals surface area contributed by atoms with Crippen molar-refractivity contribution < 1.29 is 14.0 Å². The van der Waals surface area contributed by atoms with Crippen molar-refractivity contribution in [1.82, 2.24) is 5.32 Å². The topological polar surface area (TPSA) is 58.2 Å². The molecule has 2 amide bonds. The zero-order valence-corrected chi connectivity index (χ0v) is 14.8. The standard InChI is InChI=1S/C22H19FN2O2/c1-15-11-12-17(13-19(15)23)21(26)25-20-10-6-5-9-18(20)22(27)24-14-16-7-3-2-4-8-16/h2-13H,14H2,1H3,(H,24,27)(H,25,26). The number of hydrogen-bond acceptors (Lipinski definition) is 2. The molecule has 0 saturated heterocycles. The number of rotatable bonds is 5. The molecule has 27 heavy (non-hydrogen) atoms. The molecule has 0 spiro atoms. The van der Waals surface area contributed by atoms with Gasteiger partial charge in [0, 0.05) is 12.1 Å². The third-order valence-corrected chi connectivity index (χ3v) is 4.15. The van der Waals surface area contributed by atoms with E-state index in [1.165, 1.54) is 6.07 Å². The van der Waals surface area contributed by atoms with Gasteiger partial charge < -0.3 is 10.6 Å². The fraction of sp³-hybridized carbons (Fsp3) is 0.0909. The molecule has 3 aromatic carbocycles. The van der Waals surface area contributed by atoms with E-state index in [4.69, 9.17) is 0 Å². The zero-order valence-electron chi connectivity index (χ0n) is 14.8. The van der Waals surface area contributed by atoms with Crippen LogP contribution in [-0.2, 0) is 6.54 Å². The van der Waals surface area contributed by atoms with Crippen LogP contribution in [0.25, 0.3) is 0 Å². The minimum absolute atomic E-state index is 0.192. The summed E-state index contributed by atoms with van der Waals surface area (Å²) in [5.74, 6) is -1.22. The van der Waals surface area contributed by atoms with E-state index in [9.17, 15) is 14.0 Å². The van der Waals surface area contributed by atoms with Gasteiger partial charge in [-0.1, -0.05) is 48.5 Å². The monoisotopic (exact) mass is 362 g/mol. The summed E-state index contributed by atoms with van der Waals surface area (Å²) in [4.78, 5) is 25.0. The summed E-state index contributed by atoms with van der Waals surface area (Å²) >= 11 is 0. The predicted octanol–water partition coefficient (Wildman–Crippen LogP) is 4.32. The highest BCUT2D eigenvalue weighted by Crippen LogP contribution is 2.17. The second-order valence-corrected chi connectivity index (χ2v) is 6.13. The summed E-state index contributed by atoms with van der Waals surface area (Å²) in [5.41, 5.74) is 2.34. The van der Waals surface area contributed by atoms with Gasteiger partial charge in [-0.2, -0.15) is 0 Å². The minimum Gasteiger partial charge on any atom is -0.348 e.